The van der Waals surface area contributed by atoms with Crippen molar-refractivity contribution in [1.82, 2.24) is 4.98 Å². The lowest BCUT2D eigenvalue weighted by atomic mass is 10.2. The summed E-state index contributed by atoms with van der Waals surface area (Å²) in [6.07, 6.45) is 0.507. The van der Waals surface area contributed by atoms with Gasteiger partial charge in [0, 0.05) is 19.2 Å². The summed E-state index contributed by atoms with van der Waals surface area (Å²) in [5.41, 5.74) is 0. The van der Waals surface area contributed by atoms with Gasteiger partial charge >= 0.3 is 0 Å². The number of anilines is 1. The molecule has 98 valence electrons. The first kappa shape index (κ1) is 14.3. The largest absolute Gasteiger partial charge is 0.478 e. The van der Waals surface area contributed by atoms with E-state index in [1.807, 2.05) is 25.1 Å². The van der Waals surface area contributed by atoms with Gasteiger partial charge in [-0.2, -0.15) is 10.2 Å². The summed E-state index contributed by atoms with van der Waals surface area (Å²) in [7, 11) is 0. The lowest BCUT2D eigenvalue weighted by Gasteiger charge is -2.24. The van der Waals surface area contributed by atoms with Crippen LogP contribution in [0.4, 0.5) is 5.82 Å². The molecule has 0 aliphatic carbocycles. The quantitative estimate of drug-likeness (QED) is 0.743. The van der Waals surface area contributed by atoms with Crippen molar-refractivity contribution in [3.63, 3.8) is 0 Å². The summed E-state index contributed by atoms with van der Waals surface area (Å²) >= 11 is 0. The molecule has 1 rings (SSSR count). The van der Waals surface area contributed by atoms with Crippen LogP contribution in [0.5, 0.6) is 5.88 Å². The van der Waals surface area contributed by atoms with Gasteiger partial charge in [0.2, 0.25) is 5.88 Å². The van der Waals surface area contributed by atoms with Crippen molar-refractivity contribution in [3.8, 4) is 11.9 Å². The van der Waals surface area contributed by atoms with Crippen LogP contribution in [0.15, 0.2) is 18.2 Å². The molecule has 0 amide bonds. The number of nitrogens with zero attached hydrogens (tertiary/aromatic N) is 3. The van der Waals surface area contributed by atoms with E-state index >= 15 is 0 Å². The minimum Gasteiger partial charge on any atom is -0.478 e. The van der Waals surface area contributed by atoms with Gasteiger partial charge in [-0.25, -0.2) is 0 Å². The third-order valence-corrected chi connectivity index (χ3v) is 2.40. The molecular formula is C14H21N3O. The minimum atomic E-state index is 0.507. The van der Waals surface area contributed by atoms with Gasteiger partial charge in [-0.3, -0.25) is 0 Å². The van der Waals surface area contributed by atoms with Gasteiger partial charge in [-0.05, 0) is 18.9 Å². The standard InChI is InChI=1S/C14H21N3O/c1-4-18-14-8-5-7-13(16-14)17(10-6-9-15)11-12(2)3/h5,7-8,12H,4,6,10-11H2,1-3H3. The zero-order valence-electron chi connectivity index (χ0n) is 11.4. The van der Waals surface area contributed by atoms with Crippen molar-refractivity contribution < 1.29 is 4.74 Å². The molecule has 0 radical (unpaired) electrons. The van der Waals surface area contributed by atoms with Crippen molar-refractivity contribution in [3.05, 3.63) is 18.2 Å². The predicted molar refractivity (Wildman–Crippen MR) is 72.7 cm³/mol. The van der Waals surface area contributed by atoms with Crippen LogP contribution in [-0.4, -0.2) is 24.7 Å². The highest BCUT2D eigenvalue weighted by atomic mass is 16.5. The Hall–Kier alpha value is -1.76. The second-order valence-corrected chi connectivity index (χ2v) is 4.52. The van der Waals surface area contributed by atoms with Crippen LogP contribution in [0.3, 0.4) is 0 Å². The molecule has 0 fully saturated rings. The monoisotopic (exact) mass is 247 g/mol. The van der Waals surface area contributed by atoms with E-state index in [4.69, 9.17) is 10.00 Å². The molecule has 0 unspecified atom stereocenters. The molecule has 1 heterocycles. The maximum Gasteiger partial charge on any atom is 0.215 e. The van der Waals surface area contributed by atoms with E-state index in [-0.39, 0.29) is 0 Å². The Morgan fingerprint density at radius 3 is 2.83 bits per heavy atom. The normalized spacial score (nSPS) is 10.2. The molecule has 1 aromatic heterocycles. The van der Waals surface area contributed by atoms with Crippen LogP contribution in [0.1, 0.15) is 27.2 Å². The Morgan fingerprint density at radius 1 is 1.44 bits per heavy atom. The van der Waals surface area contributed by atoms with Crippen molar-refractivity contribution in [2.45, 2.75) is 27.2 Å². The summed E-state index contributed by atoms with van der Waals surface area (Å²) in [6, 6.07) is 7.93. The van der Waals surface area contributed by atoms with Gasteiger partial charge in [0.05, 0.1) is 19.1 Å². The maximum atomic E-state index is 8.71. The number of ether oxygens (including phenoxy) is 1. The van der Waals surface area contributed by atoms with Crippen LogP contribution < -0.4 is 9.64 Å². The molecule has 0 aliphatic rings. The first-order valence-corrected chi connectivity index (χ1v) is 6.39. The fraction of sp³-hybridized carbons (Fsp3) is 0.571. The topological polar surface area (TPSA) is 49.1 Å². The molecule has 1 aromatic rings. The Bertz CT molecular complexity index is 398. The number of aromatic nitrogens is 1. The van der Waals surface area contributed by atoms with Gasteiger partial charge < -0.3 is 9.64 Å². The molecule has 0 N–H and O–H groups in total. The van der Waals surface area contributed by atoms with E-state index in [1.54, 1.807) is 0 Å². The highest BCUT2D eigenvalue weighted by Gasteiger charge is 2.10. The average Bonchev–Trinajstić information content (AvgIpc) is 2.35. The summed E-state index contributed by atoms with van der Waals surface area (Å²) < 4.78 is 5.40. The molecule has 0 atom stereocenters. The predicted octanol–water partition coefficient (Wildman–Crippen LogP) is 2.86. The van der Waals surface area contributed by atoms with Crippen LogP contribution in [0, 0.1) is 17.2 Å². The highest BCUT2D eigenvalue weighted by molar-refractivity contribution is 5.40. The van der Waals surface area contributed by atoms with E-state index in [1.165, 1.54) is 0 Å². The first-order chi connectivity index (χ1) is 8.67. The van der Waals surface area contributed by atoms with Crippen molar-refractivity contribution in [2.75, 3.05) is 24.6 Å². The number of hydrogen-bond donors (Lipinski definition) is 0. The Labute approximate surface area is 109 Å². The molecule has 0 bridgehead atoms. The van der Waals surface area contributed by atoms with Gasteiger partial charge in [-0.15, -0.1) is 0 Å². The Balaban J connectivity index is 2.82. The molecule has 0 aliphatic heterocycles. The van der Waals surface area contributed by atoms with Crippen LogP contribution in [0.25, 0.3) is 0 Å². The zero-order valence-corrected chi connectivity index (χ0v) is 11.4. The molecule has 0 spiro atoms. The summed E-state index contributed by atoms with van der Waals surface area (Å²) in [6.45, 7) is 8.47. The third-order valence-electron chi connectivity index (χ3n) is 2.40. The van der Waals surface area contributed by atoms with E-state index in [0.29, 0.717) is 31.4 Å². The smallest absolute Gasteiger partial charge is 0.215 e. The Kier molecular flexibility index (Phi) is 5.99. The van der Waals surface area contributed by atoms with Crippen LogP contribution in [0.2, 0.25) is 0 Å². The van der Waals surface area contributed by atoms with Crippen LogP contribution >= 0.6 is 0 Å². The molecular weight excluding hydrogens is 226 g/mol. The lowest BCUT2D eigenvalue weighted by molar-refractivity contribution is 0.327. The van der Waals surface area contributed by atoms with Gasteiger partial charge in [0.25, 0.3) is 0 Å². The van der Waals surface area contributed by atoms with Crippen molar-refractivity contribution in [1.29, 1.82) is 5.26 Å². The van der Waals surface area contributed by atoms with Crippen molar-refractivity contribution in [2.24, 2.45) is 5.92 Å². The number of hydrogen-bond acceptors (Lipinski definition) is 4. The number of pyridine rings is 1. The summed E-state index contributed by atoms with van der Waals surface area (Å²) in [5.74, 6) is 2.05. The molecule has 18 heavy (non-hydrogen) atoms. The third kappa shape index (κ3) is 4.62. The second-order valence-electron chi connectivity index (χ2n) is 4.52. The number of rotatable bonds is 7. The van der Waals surface area contributed by atoms with Crippen LogP contribution in [-0.2, 0) is 0 Å². The van der Waals surface area contributed by atoms with Gasteiger partial charge in [0.1, 0.15) is 5.82 Å². The average molecular weight is 247 g/mol. The molecule has 0 saturated carbocycles. The first-order valence-electron chi connectivity index (χ1n) is 6.39. The SMILES string of the molecule is CCOc1cccc(N(CCC#N)CC(C)C)n1. The fourth-order valence-corrected chi connectivity index (χ4v) is 1.73. The summed E-state index contributed by atoms with van der Waals surface area (Å²) in [5, 5.41) is 8.71. The molecule has 4 nitrogen and oxygen atoms in total. The summed E-state index contributed by atoms with van der Waals surface area (Å²) in [4.78, 5) is 6.60. The number of nitriles is 1. The van der Waals surface area contributed by atoms with E-state index < -0.39 is 0 Å². The van der Waals surface area contributed by atoms with Crippen molar-refractivity contribution >= 4 is 5.82 Å². The van der Waals surface area contributed by atoms with Gasteiger partial charge in [0.15, 0.2) is 0 Å². The fourth-order valence-electron chi connectivity index (χ4n) is 1.73. The maximum absolute atomic E-state index is 8.71. The van der Waals surface area contributed by atoms with E-state index in [9.17, 15) is 0 Å². The molecule has 4 heteroatoms. The zero-order chi connectivity index (χ0) is 13.4. The van der Waals surface area contributed by atoms with Gasteiger partial charge in [-0.1, -0.05) is 19.9 Å². The van der Waals surface area contributed by atoms with E-state index in [2.05, 4.69) is 29.8 Å². The Morgan fingerprint density at radius 2 is 2.22 bits per heavy atom. The lowest BCUT2D eigenvalue weighted by Crippen LogP contribution is -2.29. The molecule has 0 saturated heterocycles. The van der Waals surface area contributed by atoms with E-state index in [0.717, 1.165) is 12.4 Å². The second kappa shape index (κ2) is 7.54. The minimum absolute atomic E-state index is 0.507. The highest BCUT2D eigenvalue weighted by Crippen LogP contribution is 2.17. The molecule has 0 aromatic carbocycles.